The predicted octanol–water partition coefficient (Wildman–Crippen LogP) is 5.35. The quantitative estimate of drug-likeness (QED) is 0.696. The van der Waals surface area contributed by atoms with Crippen LogP contribution in [-0.2, 0) is 14.9 Å². The molecule has 2 aliphatic carbocycles. The molecule has 1 aliphatic heterocycles. The number of benzene rings is 2. The Bertz CT molecular complexity index is 982. The summed E-state index contributed by atoms with van der Waals surface area (Å²) in [4.78, 5) is 13.9. The van der Waals surface area contributed by atoms with Crippen molar-refractivity contribution in [3.05, 3.63) is 42.0 Å². The zero-order chi connectivity index (χ0) is 21.1. The Labute approximate surface area is 178 Å². The molecule has 0 bridgehead atoms. The molecular formula is C26H32O4. The second-order valence-electron chi connectivity index (χ2n) is 10.1. The molecule has 0 radical (unpaired) electrons. The van der Waals surface area contributed by atoms with Crippen molar-refractivity contribution in [3.63, 3.8) is 0 Å². The number of esters is 1. The van der Waals surface area contributed by atoms with Crippen molar-refractivity contribution < 1.29 is 19.4 Å². The average Bonchev–Trinajstić information content (AvgIpc) is 3.17. The fraction of sp³-hybridized carbons (Fsp3) is 0.577. The SMILES string of the molecule is CC(C)[C@@H]1CC[C@@H](C)C[C@H]1OC(=O)[C@]12CCC[C@@]1(O)Oc1ccc3ccccc3c12. The molecule has 1 N–H and O–H groups in total. The van der Waals surface area contributed by atoms with E-state index in [-0.39, 0.29) is 12.1 Å². The van der Waals surface area contributed by atoms with E-state index in [2.05, 4.69) is 20.8 Å². The summed E-state index contributed by atoms with van der Waals surface area (Å²) in [5.41, 5.74) is -0.332. The molecule has 0 unspecified atom stereocenters. The highest BCUT2D eigenvalue weighted by molar-refractivity contribution is 5.98. The van der Waals surface area contributed by atoms with Crippen LogP contribution < -0.4 is 4.74 Å². The predicted molar refractivity (Wildman–Crippen MR) is 116 cm³/mol. The lowest BCUT2D eigenvalue weighted by atomic mass is 9.73. The van der Waals surface area contributed by atoms with E-state index in [0.717, 1.165) is 35.6 Å². The van der Waals surface area contributed by atoms with Crippen LogP contribution in [0.5, 0.6) is 5.75 Å². The van der Waals surface area contributed by atoms with E-state index in [4.69, 9.17) is 9.47 Å². The van der Waals surface area contributed by atoms with Crippen LogP contribution in [0.4, 0.5) is 0 Å². The van der Waals surface area contributed by atoms with Crippen LogP contribution in [0.25, 0.3) is 10.8 Å². The van der Waals surface area contributed by atoms with Crippen LogP contribution in [-0.4, -0.2) is 23.0 Å². The molecule has 1 heterocycles. The molecule has 5 rings (SSSR count). The van der Waals surface area contributed by atoms with Gasteiger partial charge in [-0.25, -0.2) is 0 Å². The summed E-state index contributed by atoms with van der Waals surface area (Å²) in [7, 11) is 0. The van der Waals surface area contributed by atoms with E-state index in [1.165, 1.54) is 6.42 Å². The van der Waals surface area contributed by atoms with Crippen molar-refractivity contribution in [2.45, 2.75) is 76.6 Å². The number of hydrogen-bond acceptors (Lipinski definition) is 4. The van der Waals surface area contributed by atoms with Gasteiger partial charge in [-0.3, -0.25) is 4.79 Å². The van der Waals surface area contributed by atoms with Gasteiger partial charge in [0.15, 0.2) is 5.41 Å². The van der Waals surface area contributed by atoms with Crippen molar-refractivity contribution in [1.82, 2.24) is 0 Å². The van der Waals surface area contributed by atoms with Gasteiger partial charge in [0.2, 0.25) is 5.79 Å². The summed E-state index contributed by atoms with van der Waals surface area (Å²) in [6.07, 6.45) is 4.80. The third kappa shape index (κ3) is 2.72. The Morgan fingerprint density at radius 1 is 1.17 bits per heavy atom. The molecule has 4 nitrogen and oxygen atoms in total. The van der Waals surface area contributed by atoms with Gasteiger partial charge in [0.25, 0.3) is 0 Å². The van der Waals surface area contributed by atoms with E-state index >= 15 is 0 Å². The van der Waals surface area contributed by atoms with Gasteiger partial charge in [0.1, 0.15) is 11.9 Å². The highest BCUT2D eigenvalue weighted by Gasteiger charge is 2.69. The summed E-state index contributed by atoms with van der Waals surface area (Å²) in [6, 6.07) is 11.9. The number of fused-ring (bicyclic) bond motifs is 5. The zero-order valence-electron chi connectivity index (χ0n) is 18.2. The van der Waals surface area contributed by atoms with Crippen molar-refractivity contribution in [2.75, 3.05) is 0 Å². The van der Waals surface area contributed by atoms with Crippen LogP contribution in [0.15, 0.2) is 36.4 Å². The molecule has 5 atom stereocenters. The Kier molecular flexibility index (Phi) is 4.62. The lowest BCUT2D eigenvalue weighted by Crippen LogP contribution is -2.54. The molecule has 3 aliphatic rings. The van der Waals surface area contributed by atoms with Gasteiger partial charge in [-0.2, -0.15) is 0 Å². The first kappa shape index (κ1) is 19.9. The van der Waals surface area contributed by atoms with E-state index < -0.39 is 11.2 Å². The standard InChI is InChI=1S/C26H32O4/c1-16(2)19-11-9-17(3)15-22(19)29-24(27)25-13-6-14-26(25,28)30-21-12-10-18-7-4-5-8-20(18)23(21)25/h4-5,7-8,10,12,16-17,19,22,28H,6,9,11,13-15H2,1-3H3/t17-,19+,22-,25-,26-/m1/s1. The lowest BCUT2D eigenvalue weighted by molar-refractivity contribution is -0.195. The van der Waals surface area contributed by atoms with Gasteiger partial charge in [-0.05, 0) is 60.3 Å². The van der Waals surface area contributed by atoms with Gasteiger partial charge in [-0.1, -0.05) is 57.5 Å². The first-order chi connectivity index (χ1) is 14.4. The minimum atomic E-state index is -1.52. The maximum absolute atomic E-state index is 13.9. The fourth-order valence-electron chi connectivity index (χ4n) is 6.27. The summed E-state index contributed by atoms with van der Waals surface area (Å²) in [5, 5.41) is 13.6. The molecule has 30 heavy (non-hydrogen) atoms. The smallest absolute Gasteiger partial charge is 0.323 e. The summed E-state index contributed by atoms with van der Waals surface area (Å²) >= 11 is 0. The third-order valence-electron chi connectivity index (χ3n) is 7.90. The van der Waals surface area contributed by atoms with Crippen molar-refractivity contribution in [2.24, 2.45) is 17.8 Å². The minimum absolute atomic E-state index is 0.0977. The Hall–Kier alpha value is -2.07. The van der Waals surface area contributed by atoms with Gasteiger partial charge in [0.05, 0.1) is 0 Å². The van der Waals surface area contributed by atoms with Gasteiger partial charge >= 0.3 is 5.97 Å². The van der Waals surface area contributed by atoms with E-state index in [1.54, 1.807) is 0 Å². The molecule has 2 aromatic carbocycles. The molecular weight excluding hydrogens is 376 g/mol. The van der Waals surface area contributed by atoms with Gasteiger partial charge in [-0.15, -0.1) is 0 Å². The topological polar surface area (TPSA) is 55.8 Å². The van der Waals surface area contributed by atoms with E-state index in [9.17, 15) is 9.90 Å². The Morgan fingerprint density at radius 2 is 1.97 bits per heavy atom. The van der Waals surface area contributed by atoms with Gasteiger partial charge in [0, 0.05) is 12.0 Å². The Balaban J connectivity index is 1.59. The number of aliphatic hydroxyl groups is 1. The second-order valence-corrected chi connectivity index (χ2v) is 10.1. The number of hydrogen-bond donors (Lipinski definition) is 1. The highest BCUT2D eigenvalue weighted by Crippen LogP contribution is 2.59. The maximum atomic E-state index is 13.9. The second kappa shape index (κ2) is 6.98. The first-order valence-corrected chi connectivity index (χ1v) is 11.5. The van der Waals surface area contributed by atoms with Crippen LogP contribution in [0.1, 0.15) is 64.9 Å². The number of carbonyl (C=O) groups is 1. The molecule has 160 valence electrons. The number of ether oxygens (including phenoxy) is 2. The molecule has 0 spiro atoms. The van der Waals surface area contributed by atoms with Gasteiger partial charge < -0.3 is 14.6 Å². The molecule has 4 heteroatoms. The van der Waals surface area contributed by atoms with Crippen molar-refractivity contribution >= 4 is 16.7 Å². The van der Waals surface area contributed by atoms with Crippen molar-refractivity contribution in [1.29, 1.82) is 0 Å². The molecule has 0 saturated heterocycles. The van der Waals surface area contributed by atoms with Crippen LogP contribution >= 0.6 is 0 Å². The summed E-state index contributed by atoms with van der Waals surface area (Å²) in [5.74, 6) is 0.163. The Morgan fingerprint density at radius 3 is 2.77 bits per heavy atom. The van der Waals surface area contributed by atoms with Crippen LogP contribution in [0, 0.1) is 17.8 Å². The highest BCUT2D eigenvalue weighted by atomic mass is 16.6. The monoisotopic (exact) mass is 408 g/mol. The lowest BCUT2D eigenvalue weighted by Gasteiger charge is -2.40. The number of carbonyl (C=O) groups excluding carboxylic acids is 1. The molecule has 0 aromatic heterocycles. The average molecular weight is 409 g/mol. The zero-order valence-corrected chi connectivity index (χ0v) is 18.2. The van der Waals surface area contributed by atoms with Crippen molar-refractivity contribution in [3.8, 4) is 5.75 Å². The first-order valence-electron chi connectivity index (χ1n) is 11.5. The molecule has 2 fully saturated rings. The molecule has 2 aromatic rings. The largest absolute Gasteiger partial charge is 0.461 e. The fourth-order valence-corrected chi connectivity index (χ4v) is 6.27. The van der Waals surface area contributed by atoms with Crippen LogP contribution in [0.2, 0.25) is 0 Å². The normalized spacial score (nSPS) is 35.2. The van der Waals surface area contributed by atoms with E-state index in [0.29, 0.717) is 36.3 Å². The minimum Gasteiger partial charge on any atom is -0.461 e. The molecule has 0 amide bonds. The summed E-state index contributed by atoms with van der Waals surface area (Å²) < 4.78 is 12.4. The van der Waals surface area contributed by atoms with Crippen LogP contribution in [0.3, 0.4) is 0 Å². The number of rotatable bonds is 3. The third-order valence-corrected chi connectivity index (χ3v) is 7.90. The maximum Gasteiger partial charge on any atom is 0.323 e. The molecule has 2 saturated carbocycles. The van der Waals surface area contributed by atoms with E-state index in [1.807, 2.05) is 36.4 Å². The summed E-state index contributed by atoms with van der Waals surface area (Å²) in [6.45, 7) is 6.67.